The van der Waals surface area contributed by atoms with Crippen molar-refractivity contribution in [3.05, 3.63) is 39.4 Å². The monoisotopic (exact) mass is 491 g/mol. The first-order valence-electron chi connectivity index (χ1n) is 7.90. The summed E-state index contributed by atoms with van der Waals surface area (Å²) in [4.78, 5) is 26.6. The molecule has 3 N–H and O–H groups in total. The number of carbonyl (C=O) groups is 1. The van der Waals surface area contributed by atoms with E-state index in [1.54, 1.807) is 6.07 Å². The first kappa shape index (κ1) is 22.4. The van der Waals surface area contributed by atoms with Crippen molar-refractivity contribution in [3.63, 3.8) is 0 Å². The van der Waals surface area contributed by atoms with E-state index in [4.69, 9.17) is 5.73 Å². The van der Waals surface area contributed by atoms with Crippen LogP contribution in [-0.4, -0.2) is 34.5 Å². The van der Waals surface area contributed by atoms with E-state index in [1.165, 1.54) is 17.8 Å². The summed E-state index contributed by atoms with van der Waals surface area (Å²) in [6.07, 6.45) is 3.39. The molecule has 8 nitrogen and oxygen atoms in total. The number of nitrogens with one attached hydrogen (secondary N) is 1. The number of nitro benzene ring substituents is 1. The van der Waals surface area contributed by atoms with E-state index in [-0.39, 0.29) is 46.4 Å². The van der Waals surface area contributed by atoms with Crippen LogP contribution in [0.1, 0.15) is 30.9 Å². The number of aliphatic imine (C=N–C) groups is 1. The Bertz CT molecular complexity index is 739. The summed E-state index contributed by atoms with van der Waals surface area (Å²) in [5.41, 5.74) is 10.1. The fraction of sp³-hybridized carbons (Fsp3) is 0.438. The van der Waals surface area contributed by atoms with Crippen molar-refractivity contribution in [2.45, 2.75) is 26.2 Å². The molecular weight excluding hydrogens is 469 g/mol. The van der Waals surface area contributed by atoms with E-state index in [1.807, 2.05) is 19.2 Å². The number of halogens is 1. The van der Waals surface area contributed by atoms with Gasteiger partial charge in [0.05, 0.1) is 10.6 Å². The van der Waals surface area contributed by atoms with Crippen molar-refractivity contribution in [1.82, 2.24) is 5.43 Å². The summed E-state index contributed by atoms with van der Waals surface area (Å²) >= 11 is 1.37. The van der Waals surface area contributed by atoms with Gasteiger partial charge in [-0.05, 0) is 19.1 Å². The quantitative estimate of drug-likeness (QED) is 0.158. The minimum Gasteiger partial charge on any atom is -0.379 e. The Balaban J connectivity index is 0.00000338. The molecular formula is C16H22IN5O3S. The highest BCUT2D eigenvalue weighted by atomic mass is 127. The fourth-order valence-corrected chi connectivity index (χ4v) is 2.85. The molecule has 0 radical (unpaired) electrons. The van der Waals surface area contributed by atoms with Gasteiger partial charge in [-0.25, -0.2) is 5.43 Å². The molecule has 26 heavy (non-hydrogen) atoms. The molecule has 0 aliphatic carbocycles. The van der Waals surface area contributed by atoms with Crippen LogP contribution < -0.4 is 11.2 Å². The fourth-order valence-electron chi connectivity index (χ4n) is 2.63. The summed E-state index contributed by atoms with van der Waals surface area (Å²) < 4.78 is 0. The maximum absolute atomic E-state index is 11.4. The lowest BCUT2D eigenvalue weighted by atomic mass is 9.92. The molecule has 0 saturated carbocycles. The number of nitrogens with zero attached hydrogens (tertiary/aromatic N) is 3. The lowest BCUT2D eigenvalue weighted by molar-refractivity contribution is -0.385. The van der Waals surface area contributed by atoms with E-state index in [2.05, 4.69) is 15.5 Å². The van der Waals surface area contributed by atoms with Gasteiger partial charge in [0.25, 0.3) is 5.69 Å². The van der Waals surface area contributed by atoms with E-state index in [0.29, 0.717) is 47.8 Å². The molecule has 1 heterocycles. The van der Waals surface area contributed by atoms with Crippen LogP contribution in [0.15, 0.2) is 28.3 Å². The molecule has 0 bridgehead atoms. The maximum Gasteiger partial charge on any atom is 0.273 e. The Morgan fingerprint density at radius 2 is 2.27 bits per heavy atom. The average molecular weight is 491 g/mol. The second-order valence-corrected chi connectivity index (χ2v) is 6.59. The molecule has 1 aromatic carbocycles. The second kappa shape index (κ2) is 10.5. The van der Waals surface area contributed by atoms with Crippen LogP contribution >= 0.6 is 35.7 Å². The Morgan fingerprint density at radius 3 is 2.88 bits per heavy atom. The predicted molar refractivity (Wildman–Crippen MR) is 115 cm³/mol. The summed E-state index contributed by atoms with van der Waals surface area (Å²) in [7, 11) is 0. The van der Waals surface area contributed by atoms with Crippen molar-refractivity contribution in [3.8, 4) is 0 Å². The van der Waals surface area contributed by atoms with E-state index < -0.39 is 0 Å². The molecule has 0 fully saturated rings. The van der Waals surface area contributed by atoms with Crippen LogP contribution in [0.4, 0.5) is 5.69 Å². The molecule has 0 spiro atoms. The first-order valence-corrected chi connectivity index (χ1v) is 9.13. The number of thioether (sulfide) groups is 1. The molecule has 1 atom stereocenters. The summed E-state index contributed by atoms with van der Waals surface area (Å²) in [6, 6.07) is 5.09. The third-order valence-electron chi connectivity index (χ3n) is 3.92. The van der Waals surface area contributed by atoms with Crippen LogP contribution in [0.3, 0.4) is 0 Å². The summed E-state index contributed by atoms with van der Waals surface area (Å²) in [5, 5.41) is 16.0. The third-order valence-corrected chi connectivity index (χ3v) is 4.47. The van der Waals surface area contributed by atoms with Crippen LogP contribution in [0, 0.1) is 16.0 Å². The van der Waals surface area contributed by atoms with E-state index in [9.17, 15) is 14.9 Å². The topological polar surface area (TPSA) is 123 Å². The van der Waals surface area contributed by atoms with Gasteiger partial charge in [0.1, 0.15) is 0 Å². The van der Waals surface area contributed by atoms with Gasteiger partial charge in [0.15, 0.2) is 5.17 Å². The van der Waals surface area contributed by atoms with Gasteiger partial charge in [0, 0.05) is 36.1 Å². The highest BCUT2D eigenvalue weighted by molar-refractivity contribution is 14.0. The van der Waals surface area contributed by atoms with Crippen LogP contribution in [0.25, 0.3) is 0 Å². The lowest BCUT2D eigenvalue weighted by Gasteiger charge is -2.19. The highest BCUT2D eigenvalue weighted by Gasteiger charge is 2.24. The Hall–Kier alpha value is -1.69. The maximum atomic E-state index is 11.4. The van der Waals surface area contributed by atoms with Crippen LogP contribution in [-0.2, 0) is 11.2 Å². The van der Waals surface area contributed by atoms with Gasteiger partial charge >= 0.3 is 0 Å². The van der Waals surface area contributed by atoms with Gasteiger partial charge in [-0.1, -0.05) is 30.8 Å². The number of benzene rings is 1. The molecule has 1 unspecified atom stereocenters. The molecule has 1 aliphatic heterocycles. The van der Waals surface area contributed by atoms with Crippen molar-refractivity contribution in [1.29, 1.82) is 0 Å². The minimum atomic E-state index is -0.384. The first-order chi connectivity index (χ1) is 11.9. The van der Waals surface area contributed by atoms with Crippen LogP contribution in [0.5, 0.6) is 0 Å². The number of nitrogens with two attached hydrogens (primary N) is 1. The number of hydrogen-bond acceptors (Lipinski definition) is 6. The molecule has 0 aromatic heterocycles. The summed E-state index contributed by atoms with van der Waals surface area (Å²) in [5.74, 6) is -0.226. The number of aryl methyl sites for hydroxylation is 1. The largest absolute Gasteiger partial charge is 0.379 e. The zero-order chi connectivity index (χ0) is 18.4. The second-order valence-electron chi connectivity index (χ2n) is 5.77. The molecule has 1 aromatic rings. The number of hydrogen-bond donors (Lipinski definition) is 2. The number of rotatable bonds is 6. The number of amidine groups is 1. The van der Waals surface area contributed by atoms with Crippen molar-refractivity contribution < 1.29 is 9.72 Å². The lowest BCUT2D eigenvalue weighted by Crippen LogP contribution is -2.32. The number of amides is 1. The van der Waals surface area contributed by atoms with Gasteiger partial charge < -0.3 is 5.73 Å². The third kappa shape index (κ3) is 5.94. The standard InChI is InChI=1S/C16H21N5O3S.HI/c1-10-8-14(22)19-20-15(10)12-6-5-11(13(9-12)21(23)24)4-3-7-18-16(17)25-2;/h5-6,9-10H,3-4,7-8H2,1-2H3,(H2,17,18)(H,19,22);1H. The highest BCUT2D eigenvalue weighted by Crippen LogP contribution is 2.25. The van der Waals surface area contributed by atoms with Gasteiger partial charge in [-0.15, -0.1) is 24.0 Å². The molecule has 0 saturated heterocycles. The normalized spacial score (nSPS) is 17.2. The minimum absolute atomic E-state index is 0. The average Bonchev–Trinajstić information content (AvgIpc) is 2.58. The molecule has 1 amide bonds. The van der Waals surface area contributed by atoms with Crippen molar-refractivity contribution in [2.75, 3.05) is 12.8 Å². The van der Waals surface area contributed by atoms with Gasteiger partial charge in [0.2, 0.25) is 5.91 Å². The Labute approximate surface area is 173 Å². The van der Waals surface area contributed by atoms with Crippen LogP contribution in [0.2, 0.25) is 0 Å². The zero-order valence-electron chi connectivity index (χ0n) is 14.6. The Morgan fingerprint density at radius 1 is 1.54 bits per heavy atom. The zero-order valence-corrected chi connectivity index (χ0v) is 17.7. The molecule has 10 heteroatoms. The van der Waals surface area contributed by atoms with E-state index in [0.717, 1.165) is 0 Å². The number of carbonyl (C=O) groups excluding carboxylic acids is 1. The van der Waals surface area contributed by atoms with Crippen molar-refractivity contribution >= 4 is 58.2 Å². The van der Waals surface area contributed by atoms with E-state index >= 15 is 0 Å². The van der Waals surface area contributed by atoms with Gasteiger partial charge in [-0.2, -0.15) is 5.10 Å². The number of nitro groups is 1. The molecule has 1 aliphatic rings. The smallest absolute Gasteiger partial charge is 0.273 e. The molecule has 2 rings (SSSR count). The summed E-state index contributed by atoms with van der Waals surface area (Å²) in [6.45, 7) is 2.41. The van der Waals surface area contributed by atoms with Crippen molar-refractivity contribution in [2.24, 2.45) is 21.7 Å². The predicted octanol–water partition coefficient (Wildman–Crippen LogP) is 2.68. The van der Waals surface area contributed by atoms with Gasteiger partial charge in [-0.3, -0.25) is 19.9 Å². The molecule has 142 valence electrons. The Kier molecular flexibility index (Phi) is 8.99. The number of hydrazone groups is 1. The SMILES string of the molecule is CSC(N)=NCCCc1ccc(C2=NNC(=O)CC2C)cc1[N+](=O)[O-].I.